The predicted octanol–water partition coefficient (Wildman–Crippen LogP) is 4.15. The van der Waals surface area contributed by atoms with Crippen molar-refractivity contribution in [2.24, 2.45) is 23.7 Å². The van der Waals surface area contributed by atoms with Gasteiger partial charge in [-0.15, -0.1) is 0 Å². The fourth-order valence-corrected chi connectivity index (χ4v) is 4.14. The number of benzene rings is 1. The molecule has 0 spiro atoms. The maximum absolute atomic E-state index is 11.0. The molecule has 3 rings (SSSR count). The molecule has 3 nitrogen and oxygen atoms in total. The first-order valence-electron chi connectivity index (χ1n) is 8.05. The zero-order chi connectivity index (χ0) is 15.9. The standard InChI is InChI=1S/C19H24O3/c1-11-9-12(2)18-13(3)17(11)10-21-19(18)15-5-7-16(8-6-15)22-14(4)20/h5-9,11,13,17-19H,10H2,1-4H3. The molecule has 1 heterocycles. The van der Waals surface area contributed by atoms with Crippen LogP contribution >= 0.6 is 0 Å². The smallest absolute Gasteiger partial charge is 0.308 e. The summed E-state index contributed by atoms with van der Waals surface area (Å²) in [5.74, 6) is 2.57. The first kappa shape index (κ1) is 15.3. The number of esters is 1. The Morgan fingerprint density at radius 3 is 2.55 bits per heavy atom. The molecule has 0 radical (unpaired) electrons. The highest BCUT2D eigenvalue weighted by molar-refractivity contribution is 5.69. The van der Waals surface area contributed by atoms with Crippen LogP contribution in [0.3, 0.4) is 0 Å². The number of rotatable bonds is 2. The van der Waals surface area contributed by atoms with Crippen LogP contribution in [0.1, 0.15) is 39.4 Å². The maximum atomic E-state index is 11.0. The van der Waals surface area contributed by atoms with Crippen LogP contribution in [0.4, 0.5) is 0 Å². The summed E-state index contributed by atoms with van der Waals surface area (Å²) in [6, 6.07) is 7.73. The minimum Gasteiger partial charge on any atom is -0.427 e. The minimum atomic E-state index is -0.293. The monoisotopic (exact) mass is 300 g/mol. The van der Waals surface area contributed by atoms with Crippen molar-refractivity contribution < 1.29 is 14.3 Å². The molecule has 0 aromatic heterocycles. The molecular formula is C19H24O3. The molecule has 1 aliphatic heterocycles. The van der Waals surface area contributed by atoms with Crippen LogP contribution in [0.15, 0.2) is 35.9 Å². The lowest BCUT2D eigenvalue weighted by Gasteiger charge is -2.47. The second-order valence-corrected chi connectivity index (χ2v) is 6.74. The van der Waals surface area contributed by atoms with E-state index in [0.29, 0.717) is 29.4 Å². The van der Waals surface area contributed by atoms with Gasteiger partial charge >= 0.3 is 5.97 Å². The van der Waals surface area contributed by atoms with E-state index in [4.69, 9.17) is 9.47 Å². The third kappa shape index (κ3) is 2.70. The van der Waals surface area contributed by atoms with Gasteiger partial charge in [-0.05, 0) is 42.4 Å². The van der Waals surface area contributed by atoms with Crippen molar-refractivity contribution >= 4 is 5.97 Å². The molecule has 0 N–H and O–H groups in total. The van der Waals surface area contributed by atoms with E-state index in [1.54, 1.807) is 0 Å². The SMILES string of the molecule is CC(=O)Oc1ccc(C2OCC3C(C)C=C(C)C2C3C)cc1. The molecule has 1 fully saturated rings. The predicted molar refractivity (Wildman–Crippen MR) is 85.5 cm³/mol. The van der Waals surface area contributed by atoms with E-state index >= 15 is 0 Å². The summed E-state index contributed by atoms with van der Waals surface area (Å²) in [5, 5.41) is 0. The maximum Gasteiger partial charge on any atom is 0.308 e. The lowest BCUT2D eigenvalue weighted by atomic mass is 9.64. The van der Waals surface area contributed by atoms with Gasteiger partial charge in [0.25, 0.3) is 0 Å². The van der Waals surface area contributed by atoms with Gasteiger partial charge in [0.1, 0.15) is 5.75 Å². The van der Waals surface area contributed by atoms with Crippen LogP contribution in [0.25, 0.3) is 0 Å². The molecule has 0 saturated carbocycles. The summed E-state index contributed by atoms with van der Waals surface area (Å²) in [6.07, 6.45) is 2.51. The molecule has 0 amide bonds. The molecule has 2 bridgehead atoms. The Labute approximate surface area is 132 Å². The molecule has 1 saturated heterocycles. The highest BCUT2D eigenvalue weighted by atomic mass is 16.5. The van der Waals surface area contributed by atoms with Gasteiger partial charge in [-0.2, -0.15) is 0 Å². The van der Waals surface area contributed by atoms with Crippen molar-refractivity contribution in [3.05, 3.63) is 41.5 Å². The molecule has 3 heteroatoms. The van der Waals surface area contributed by atoms with Gasteiger partial charge < -0.3 is 9.47 Å². The summed E-state index contributed by atoms with van der Waals surface area (Å²) in [6.45, 7) is 9.10. The van der Waals surface area contributed by atoms with Gasteiger partial charge in [0.05, 0.1) is 12.7 Å². The van der Waals surface area contributed by atoms with Crippen LogP contribution in [0.2, 0.25) is 0 Å². The first-order chi connectivity index (χ1) is 10.5. The number of hydrogen-bond acceptors (Lipinski definition) is 3. The summed E-state index contributed by atoms with van der Waals surface area (Å²) in [5.41, 5.74) is 2.60. The molecule has 1 aromatic carbocycles. The number of allylic oxidation sites excluding steroid dienone is 1. The van der Waals surface area contributed by atoms with Crippen molar-refractivity contribution in [1.29, 1.82) is 0 Å². The van der Waals surface area contributed by atoms with Crippen molar-refractivity contribution in [2.75, 3.05) is 6.61 Å². The third-order valence-electron chi connectivity index (χ3n) is 5.23. The minimum absolute atomic E-state index is 0.0985. The second-order valence-electron chi connectivity index (χ2n) is 6.74. The average Bonchev–Trinajstić information content (AvgIpc) is 2.45. The summed E-state index contributed by atoms with van der Waals surface area (Å²) in [7, 11) is 0. The number of carbonyl (C=O) groups excluding carboxylic acids is 1. The zero-order valence-electron chi connectivity index (χ0n) is 13.7. The topological polar surface area (TPSA) is 35.5 Å². The Morgan fingerprint density at radius 2 is 1.91 bits per heavy atom. The van der Waals surface area contributed by atoms with E-state index in [-0.39, 0.29) is 12.1 Å². The molecule has 5 atom stereocenters. The molecule has 1 aromatic rings. The van der Waals surface area contributed by atoms with Crippen LogP contribution in [-0.4, -0.2) is 12.6 Å². The molecule has 22 heavy (non-hydrogen) atoms. The van der Waals surface area contributed by atoms with Crippen LogP contribution in [0, 0.1) is 23.7 Å². The molecule has 118 valence electrons. The highest BCUT2D eigenvalue weighted by Gasteiger charge is 2.43. The highest BCUT2D eigenvalue weighted by Crippen LogP contribution is 2.49. The lowest BCUT2D eigenvalue weighted by molar-refractivity contribution is -0.131. The number of carbonyl (C=O) groups is 1. The van der Waals surface area contributed by atoms with Crippen molar-refractivity contribution in [3.63, 3.8) is 0 Å². The van der Waals surface area contributed by atoms with E-state index in [0.717, 1.165) is 12.2 Å². The van der Waals surface area contributed by atoms with E-state index in [1.165, 1.54) is 12.5 Å². The van der Waals surface area contributed by atoms with Crippen molar-refractivity contribution in [2.45, 2.75) is 33.8 Å². The second kappa shape index (κ2) is 5.88. The van der Waals surface area contributed by atoms with E-state index in [2.05, 4.69) is 26.8 Å². The molecule has 1 aliphatic carbocycles. The summed E-state index contributed by atoms with van der Waals surface area (Å²) < 4.78 is 11.3. The Balaban J connectivity index is 1.86. The normalized spacial score (nSPS) is 34.0. The van der Waals surface area contributed by atoms with Crippen molar-refractivity contribution in [1.82, 2.24) is 0 Å². The zero-order valence-corrected chi connectivity index (χ0v) is 13.7. The number of fused-ring (bicyclic) bond motifs is 2. The number of hydrogen-bond donors (Lipinski definition) is 0. The van der Waals surface area contributed by atoms with Gasteiger partial charge in [-0.25, -0.2) is 0 Å². The largest absolute Gasteiger partial charge is 0.427 e. The Kier molecular flexibility index (Phi) is 4.09. The van der Waals surface area contributed by atoms with Crippen LogP contribution < -0.4 is 4.74 Å². The van der Waals surface area contributed by atoms with Crippen molar-refractivity contribution in [3.8, 4) is 5.75 Å². The fraction of sp³-hybridized carbons (Fsp3) is 0.526. The molecule has 2 aliphatic rings. The molecular weight excluding hydrogens is 276 g/mol. The Bertz CT molecular complexity index is 587. The Hall–Kier alpha value is -1.61. The van der Waals surface area contributed by atoms with Gasteiger partial charge in [-0.3, -0.25) is 4.79 Å². The Morgan fingerprint density at radius 1 is 1.23 bits per heavy atom. The fourth-order valence-electron chi connectivity index (χ4n) is 4.14. The molecule has 5 unspecified atom stereocenters. The average molecular weight is 300 g/mol. The first-order valence-corrected chi connectivity index (χ1v) is 8.05. The van der Waals surface area contributed by atoms with E-state index < -0.39 is 0 Å². The lowest BCUT2D eigenvalue weighted by Crippen LogP contribution is -2.42. The summed E-state index contributed by atoms with van der Waals surface area (Å²) in [4.78, 5) is 11.0. The van der Waals surface area contributed by atoms with Gasteiger partial charge in [0.15, 0.2) is 0 Å². The van der Waals surface area contributed by atoms with Gasteiger partial charge in [-0.1, -0.05) is 37.6 Å². The third-order valence-corrected chi connectivity index (χ3v) is 5.23. The van der Waals surface area contributed by atoms with Crippen LogP contribution in [0.5, 0.6) is 5.75 Å². The van der Waals surface area contributed by atoms with Crippen LogP contribution in [-0.2, 0) is 9.53 Å². The number of ether oxygens (including phenoxy) is 2. The van der Waals surface area contributed by atoms with Gasteiger partial charge in [0, 0.05) is 12.8 Å². The summed E-state index contributed by atoms with van der Waals surface area (Å²) >= 11 is 0. The van der Waals surface area contributed by atoms with E-state index in [9.17, 15) is 4.79 Å². The quantitative estimate of drug-likeness (QED) is 0.467. The van der Waals surface area contributed by atoms with E-state index in [1.807, 2.05) is 24.3 Å². The van der Waals surface area contributed by atoms with Gasteiger partial charge in [0.2, 0.25) is 0 Å².